The number of carbonyl (C=O) groups excluding carboxylic acids is 1. The first-order valence-electron chi connectivity index (χ1n) is 10.1. The molecule has 0 fully saturated rings. The number of nitrogens with one attached hydrogen (secondary N) is 1. The first-order chi connectivity index (χ1) is 16.8. The lowest BCUT2D eigenvalue weighted by molar-refractivity contribution is -0.143. The highest BCUT2D eigenvalue weighted by Crippen LogP contribution is 2.40. The van der Waals surface area contributed by atoms with Crippen LogP contribution in [0.15, 0.2) is 59.5 Å². The zero-order valence-corrected chi connectivity index (χ0v) is 18.8. The van der Waals surface area contributed by atoms with Gasteiger partial charge >= 0.3 is 12.4 Å². The molecule has 4 rings (SSSR count). The molecule has 1 aromatic carbocycles. The predicted octanol–water partition coefficient (Wildman–Crippen LogP) is 6.49. The van der Waals surface area contributed by atoms with Crippen molar-refractivity contribution in [2.45, 2.75) is 25.3 Å². The number of rotatable bonds is 5. The Bertz CT molecular complexity index is 1410. The summed E-state index contributed by atoms with van der Waals surface area (Å²) >= 11 is 6.04. The Labute approximate surface area is 203 Å². The number of hydrogen-bond acceptors (Lipinski definition) is 5. The van der Waals surface area contributed by atoms with Crippen molar-refractivity contribution in [1.29, 1.82) is 0 Å². The highest BCUT2D eigenvalue weighted by atomic mass is 35.5. The summed E-state index contributed by atoms with van der Waals surface area (Å²) in [5.41, 5.74) is -3.04. The van der Waals surface area contributed by atoms with E-state index in [1.807, 2.05) is 0 Å². The van der Waals surface area contributed by atoms with E-state index in [1.165, 1.54) is 31.6 Å². The minimum absolute atomic E-state index is 0.0635. The molecule has 36 heavy (non-hydrogen) atoms. The third-order valence-electron chi connectivity index (χ3n) is 5.13. The normalized spacial score (nSPS) is 13.0. The van der Waals surface area contributed by atoms with Crippen LogP contribution in [0, 0.1) is 0 Å². The fraction of sp³-hybridized carbons (Fsp3) is 0.182. The van der Waals surface area contributed by atoms with E-state index in [1.54, 1.807) is 12.1 Å². The van der Waals surface area contributed by atoms with Crippen LogP contribution in [0.3, 0.4) is 0 Å². The van der Waals surface area contributed by atoms with E-state index in [4.69, 9.17) is 16.1 Å². The van der Waals surface area contributed by atoms with Crippen molar-refractivity contribution in [3.63, 3.8) is 0 Å². The second kappa shape index (κ2) is 9.30. The third-order valence-corrected chi connectivity index (χ3v) is 5.43. The molecule has 0 saturated carbocycles. The molecule has 0 aliphatic carbocycles. The molecule has 0 unspecified atom stereocenters. The van der Waals surface area contributed by atoms with E-state index >= 15 is 0 Å². The van der Waals surface area contributed by atoms with Gasteiger partial charge in [0.05, 0.1) is 34.1 Å². The predicted molar refractivity (Wildman–Crippen MR) is 115 cm³/mol. The zero-order valence-electron chi connectivity index (χ0n) is 18.0. The van der Waals surface area contributed by atoms with Gasteiger partial charge in [-0.2, -0.15) is 31.4 Å². The van der Waals surface area contributed by atoms with Crippen molar-refractivity contribution in [2.24, 2.45) is 0 Å². The Hall–Kier alpha value is -3.87. The number of nitrogens with zero attached hydrogens (tertiary/aromatic N) is 4. The van der Waals surface area contributed by atoms with Gasteiger partial charge in [0.1, 0.15) is 5.69 Å². The average Bonchev–Trinajstić information content (AvgIpc) is 3.47. The van der Waals surface area contributed by atoms with Crippen LogP contribution in [-0.4, -0.2) is 25.8 Å². The molecule has 1 N–H and O–H groups in total. The van der Waals surface area contributed by atoms with Gasteiger partial charge in [-0.1, -0.05) is 22.8 Å². The van der Waals surface area contributed by atoms with Gasteiger partial charge in [0, 0.05) is 18.5 Å². The highest BCUT2D eigenvalue weighted by molar-refractivity contribution is 6.32. The largest absolute Gasteiger partial charge is 0.416 e. The molecule has 0 bridgehead atoms. The molecule has 4 aromatic rings. The van der Waals surface area contributed by atoms with Crippen molar-refractivity contribution >= 4 is 23.2 Å². The van der Waals surface area contributed by atoms with Gasteiger partial charge in [-0.25, -0.2) is 0 Å². The lowest BCUT2D eigenvalue weighted by atomic mass is 9.98. The number of anilines is 1. The van der Waals surface area contributed by atoms with Crippen molar-refractivity contribution in [2.75, 3.05) is 5.32 Å². The lowest BCUT2D eigenvalue weighted by Gasteiger charge is -2.20. The van der Waals surface area contributed by atoms with Gasteiger partial charge in [0.15, 0.2) is 11.5 Å². The molecule has 0 saturated heterocycles. The summed E-state index contributed by atoms with van der Waals surface area (Å²) in [4.78, 5) is 16.6. The topological polar surface area (TPSA) is 85.8 Å². The monoisotopic (exact) mass is 529 g/mol. The molecular formula is C22H14ClF6N5O2. The standard InChI is InChI=1S/C22H14ClF6N5O2/c1-11(14-5-4-12(21(24,25)26)7-15(14)22(27,28)29)34-10-13(9-31-34)32-20(35)17-8-18(36-33-17)19-16(23)3-2-6-30-19/h2-11H,1H3,(H,32,35)/t11-/m1/s1. The molecule has 3 aromatic heterocycles. The Morgan fingerprint density at radius 1 is 1.11 bits per heavy atom. The van der Waals surface area contributed by atoms with Crippen molar-refractivity contribution in [1.82, 2.24) is 19.9 Å². The molecular weight excluding hydrogens is 516 g/mol. The quantitative estimate of drug-likeness (QED) is 0.299. The summed E-state index contributed by atoms with van der Waals surface area (Å²) in [7, 11) is 0. The molecule has 0 spiro atoms. The van der Waals surface area contributed by atoms with Crippen molar-refractivity contribution < 1.29 is 35.7 Å². The van der Waals surface area contributed by atoms with Crippen LogP contribution in [0.1, 0.15) is 40.1 Å². The summed E-state index contributed by atoms with van der Waals surface area (Å²) in [6.45, 7) is 1.33. The van der Waals surface area contributed by atoms with E-state index in [9.17, 15) is 31.1 Å². The Balaban J connectivity index is 1.54. The minimum Gasteiger partial charge on any atom is -0.354 e. The van der Waals surface area contributed by atoms with Gasteiger partial charge in [-0.3, -0.25) is 14.5 Å². The molecule has 0 aliphatic rings. The summed E-state index contributed by atoms with van der Waals surface area (Å²) in [5.74, 6) is -0.577. The second-order valence-corrected chi connectivity index (χ2v) is 7.95. The maximum absolute atomic E-state index is 13.5. The van der Waals surface area contributed by atoms with Gasteiger partial charge in [0.2, 0.25) is 0 Å². The summed E-state index contributed by atoms with van der Waals surface area (Å²) in [5, 5.41) is 10.3. The molecule has 7 nitrogen and oxygen atoms in total. The Morgan fingerprint density at radius 2 is 1.86 bits per heavy atom. The SMILES string of the molecule is C[C@H](c1ccc(C(F)(F)F)cc1C(F)(F)F)n1cc(NC(=O)c2cc(-c3ncccc3Cl)on2)cn1. The molecule has 188 valence electrons. The number of amides is 1. The van der Waals surface area contributed by atoms with E-state index < -0.39 is 41.0 Å². The second-order valence-electron chi connectivity index (χ2n) is 7.55. The summed E-state index contributed by atoms with van der Waals surface area (Å²) < 4.78 is 85.6. The van der Waals surface area contributed by atoms with Crippen molar-refractivity contribution in [3.8, 4) is 11.5 Å². The number of halogens is 7. The molecule has 1 amide bonds. The zero-order chi connectivity index (χ0) is 26.3. The molecule has 3 heterocycles. The maximum Gasteiger partial charge on any atom is 0.416 e. The third kappa shape index (κ3) is 5.20. The highest BCUT2D eigenvalue weighted by Gasteiger charge is 2.39. The van der Waals surface area contributed by atoms with Crippen LogP contribution in [-0.2, 0) is 12.4 Å². The van der Waals surface area contributed by atoms with Gasteiger partial charge in [-0.05, 0) is 36.8 Å². The molecule has 0 radical (unpaired) electrons. The van der Waals surface area contributed by atoms with Gasteiger partial charge in [0.25, 0.3) is 5.91 Å². The number of aromatic nitrogens is 4. The molecule has 1 atom stereocenters. The first-order valence-corrected chi connectivity index (χ1v) is 10.4. The Morgan fingerprint density at radius 3 is 2.53 bits per heavy atom. The number of benzene rings is 1. The van der Waals surface area contributed by atoms with Crippen LogP contribution in [0.25, 0.3) is 11.5 Å². The fourth-order valence-corrected chi connectivity index (χ4v) is 3.57. The van der Waals surface area contributed by atoms with Crippen LogP contribution in [0.4, 0.5) is 32.0 Å². The van der Waals surface area contributed by atoms with E-state index in [2.05, 4.69) is 20.6 Å². The van der Waals surface area contributed by atoms with Crippen LogP contribution in [0.5, 0.6) is 0 Å². The van der Waals surface area contributed by atoms with Crippen molar-refractivity contribution in [3.05, 3.63) is 82.4 Å². The minimum atomic E-state index is -5.03. The van der Waals surface area contributed by atoms with E-state index in [0.717, 1.165) is 10.7 Å². The fourth-order valence-electron chi connectivity index (χ4n) is 3.36. The van der Waals surface area contributed by atoms with Gasteiger partial charge < -0.3 is 9.84 Å². The van der Waals surface area contributed by atoms with Crippen LogP contribution in [0.2, 0.25) is 5.02 Å². The van der Waals surface area contributed by atoms with E-state index in [0.29, 0.717) is 6.07 Å². The average molecular weight is 530 g/mol. The van der Waals surface area contributed by atoms with Gasteiger partial charge in [-0.15, -0.1) is 0 Å². The lowest BCUT2D eigenvalue weighted by Crippen LogP contribution is -2.17. The smallest absolute Gasteiger partial charge is 0.354 e. The summed E-state index contributed by atoms with van der Waals surface area (Å²) in [6.07, 6.45) is -6.09. The summed E-state index contributed by atoms with van der Waals surface area (Å²) in [6, 6.07) is 4.76. The molecule has 0 aliphatic heterocycles. The van der Waals surface area contributed by atoms with E-state index in [-0.39, 0.29) is 33.9 Å². The number of pyridine rings is 1. The number of carbonyl (C=O) groups is 1. The van der Waals surface area contributed by atoms with Crippen LogP contribution >= 0.6 is 11.6 Å². The maximum atomic E-state index is 13.5. The Kier molecular flexibility index (Phi) is 6.52. The first kappa shape index (κ1) is 25.2. The number of alkyl halides is 6. The number of hydrogen-bond donors (Lipinski definition) is 1. The molecule has 14 heteroatoms. The van der Waals surface area contributed by atoms with Crippen LogP contribution < -0.4 is 5.32 Å².